The minimum Gasteiger partial charge on any atom is -0.378 e. The number of morpholine rings is 1. The van der Waals surface area contributed by atoms with Crippen LogP contribution in [-0.2, 0) is 16.2 Å². The monoisotopic (exact) mass is 351 g/mol. The number of carbonyl (C=O) groups excluding carboxylic acids is 1. The molecule has 132 valence electrons. The summed E-state index contributed by atoms with van der Waals surface area (Å²) in [5, 5.41) is 4.45. The lowest BCUT2D eigenvalue weighted by atomic mass is 9.96. The first-order chi connectivity index (χ1) is 11.7. The minimum atomic E-state index is 0.0940. The van der Waals surface area contributed by atoms with Crippen LogP contribution in [-0.4, -0.2) is 69.4 Å². The summed E-state index contributed by atoms with van der Waals surface area (Å²) in [4.78, 5) is 17.0. The van der Waals surface area contributed by atoms with E-state index in [4.69, 9.17) is 17.0 Å². The Hall–Kier alpha value is -1.25. The molecule has 0 N–H and O–H groups in total. The molecular weight excluding hydrogens is 326 g/mol. The van der Waals surface area contributed by atoms with Crippen molar-refractivity contribution in [3.05, 3.63) is 11.1 Å². The topological polar surface area (TPSA) is 55.5 Å². The van der Waals surface area contributed by atoms with Crippen molar-refractivity contribution in [1.29, 1.82) is 0 Å². The van der Waals surface area contributed by atoms with Gasteiger partial charge in [0.2, 0.25) is 5.91 Å². The number of aromatic nitrogens is 3. The van der Waals surface area contributed by atoms with E-state index in [9.17, 15) is 4.79 Å². The van der Waals surface area contributed by atoms with Gasteiger partial charge in [-0.25, -0.2) is 4.68 Å². The van der Waals surface area contributed by atoms with Gasteiger partial charge >= 0.3 is 0 Å². The van der Waals surface area contributed by atoms with E-state index < -0.39 is 0 Å². The molecule has 8 heteroatoms. The summed E-state index contributed by atoms with van der Waals surface area (Å²) >= 11 is 5.54. The molecular formula is C16H25N5O2S. The number of hydrogen-bond acceptors (Lipinski definition) is 5. The van der Waals surface area contributed by atoms with Gasteiger partial charge in [-0.1, -0.05) is 0 Å². The Morgan fingerprint density at radius 1 is 1.25 bits per heavy atom. The van der Waals surface area contributed by atoms with Crippen LogP contribution in [0.5, 0.6) is 0 Å². The highest BCUT2D eigenvalue weighted by Gasteiger charge is 2.31. The lowest BCUT2D eigenvalue weighted by Crippen LogP contribution is -2.48. The van der Waals surface area contributed by atoms with Crippen molar-refractivity contribution in [2.45, 2.75) is 38.4 Å². The Morgan fingerprint density at radius 2 is 2.04 bits per heavy atom. The van der Waals surface area contributed by atoms with Crippen LogP contribution in [0.15, 0.2) is 6.33 Å². The molecule has 3 heterocycles. The van der Waals surface area contributed by atoms with Crippen molar-refractivity contribution in [3.8, 4) is 0 Å². The third-order valence-corrected chi connectivity index (χ3v) is 5.63. The van der Waals surface area contributed by atoms with E-state index in [0.717, 1.165) is 43.8 Å². The molecule has 0 bridgehead atoms. The Bertz CT molecular complexity index is 647. The highest BCUT2D eigenvalue weighted by molar-refractivity contribution is 7.71. The molecule has 1 aromatic heterocycles. The van der Waals surface area contributed by atoms with Gasteiger partial charge in [-0.3, -0.25) is 9.69 Å². The molecule has 1 saturated carbocycles. The maximum atomic E-state index is 12.7. The van der Waals surface area contributed by atoms with Crippen LogP contribution < -0.4 is 0 Å². The van der Waals surface area contributed by atoms with Crippen LogP contribution in [0.4, 0.5) is 0 Å². The smallest absolute Gasteiger partial charge is 0.227 e. The largest absolute Gasteiger partial charge is 0.378 e. The summed E-state index contributed by atoms with van der Waals surface area (Å²) in [7, 11) is 0. The van der Waals surface area contributed by atoms with Crippen molar-refractivity contribution < 1.29 is 9.53 Å². The fourth-order valence-electron chi connectivity index (χ4n) is 3.67. The molecule has 0 radical (unpaired) electrons. The van der Waals surface area contributed by atoms with E-state index in [1.807, 2.05) is 15.9 Å². The van der Waals surface area contributed by atoms with Crippen molar-refractivity contribution in [1.82, 2.24) is 24.1 Å². The predicted octanol–water partition coefficient (Wildman–Crippen LogP) is 1.28. The SMILES string of the molecule is O=C(C1CCCN(Cn2ncn(C3CC3)c2=S)C1)N1CCOCC1. The second-order valence-electron chi connectivity index (χ2n) is 7.05. The number of nitrogens with zero attached hydrogens (tertiary/aromatic N) is 5. The number of rotatable bonds is 4. The summed E-state index contributed by atoms with van der Waals surface area (Å²) in [6, 6.07) is 0.559. The van der Waals surface area contributed by atoms with Gasteiger partial charge in [0.25, 0.3) is 0 Å². The second-order valence-corrected chi connectivity index (χ2v) is 7.41. The number of hydrogen-bond donors (Lipinski definition) is 0. The predicted molar refractivity (Wildman–Crippen MR) is 91.0 cm³/mol. The molecule has 1 atom stereocenters. The Kier molecular flexibility index (Phi) is 4.69. The van der Waals surface area contributed by atoms with Gasteiger partial charge < -0.3 is 14.2 Å². The van der Waals surface area contributed by atoms with E-state index >= 15 is 0 Å². The number of ether oxygens (including phenoxy) is 1. The Morgan fingerprint density at radius 3 is 2.79 bits per heavy atom. The molecule has 2 saturated heterocycles. The standard InChI is InChI=1S/C16H25N5O2S/c22-15(19-6-8-23-9-7-19)13-2-1-5-18(10-13)12-21-16(24)20(11-17-21)14-3-4-14/h11,13-14H,1-10,12H2. The Labute approximate surface area is 147 Å². The quantitative estimate of drug-likeness (QED) is 0.765. The third kappa shape index (κ3) is 3.41. The molecule has 1 aliphatic carbocycles. The molecule has 1 amide bonds. The highest BCUT2D eigenvalue weighted by Crippen LogP contribution is 2.34. The summed E-state index contributed by atoms with van der Waals surface area (Å²) < 4.78 is 10.2. The van der Waals surface area contributed by atoms with Gasteiger partial charge in [0.15, 0.2) is 4.77 Å². The highest BCUT2D eigenvalue weighted by atomic mass is 32.1. The molecule has 1 aromatic rings. The average molecular weight is 351 g/mol. The normalized spacial score (nSPS) is 25.8. The second kappa shape index (κ2) is 6.93. The van der Waals surface area contributed by atoms with Gasteiger partial charge in [-0.05, 0) is 44.4 Å². The van der Waals surface area contributed by atoms with Crippen LogP contribution in [0.25, 0.3) is 0 Å². The van der Waals surface area contributed by atoms with Crippen LogP contribution >= 0.6 is 12.2 Å². The van der Waals surface area contributed by atoms with Crippen LogP contribution in [0, 0.1) is 10.7 Å². The first-order valence-corrected chi connectivity index (χ1v) is 9.36. The first-order valence-electron chi connectivity index (χ1n) is 8.95. The van der Waals surface area contributed by atoms with Crippen LogP contribution in [0.1, 0.15) is 31.7 Å². The molecule has 1 unspecified atom stereocenters. The minimum absolute atomic E-state index is 0.0940. The number of amides is 1. The van der Waals surface area contributed by atoms with Gasteiger partial charge in [0.05, 0.1) is 25.8 Å². The van der Waals surface area contributed by atoms with E-state index in [1.54, 1.807) is 0 Å². The number of carbonyl (C=O) groups is 1. The summed E-state index contributed by atoms with van der Waals surface area (Å²) in [5.74, 6) is 0.381. The average Bonchev–Trinajstić information content (AvgIpc) is 3.40. The lowest BCUT2D eigenvalue weighted by Gasteiger charge is -2.36. The lowest BCUT2D eigenvalue weighted by molar-refractivity contribution is -0.141. The zero-order chi connectivity index (χ0) is 16.5. The molecule has 3 aliphatic rings. The van der Waals surface area contributed by atoms with Crippen LogP contribution in [0.3, 0.4) is 0 Å². The molecule has 3 fully saturated rings. The molecule has 4 rings (SSSR count). The van der Waals surface area contributed by atoms with E-state index in [2.05, 4.69) is 14.6 Å². The summed E-state index contributed by atoms with van der Waals surface area (Å²) in [5.41, 5.74) is 0. The zero-order valence-electron chi connectivity index (χ0n) is 14.0. The third-order valence-electron chi connectivity index (χ3n) is 5.21. The summed E-state index contributed by atoms with van der Waals surface area (Å²) in [6.07, 6.45) is 6.31. The van der Waals surface area contributed by atoms with Gasteiger partial charge in [0, 0.05) is 25.7 Å². The fourth-order valence-corrected chi connectivity index (χ4v) is 3.97. The Balaban J connectivity index is 1.37. The van der Waals surface area contributed by atoms with E-state index in [-0.39, 0.29) is 11.8 Å². The summed E-state index contributed by atoms with van der Waals surface area (Å²) in [6.45, 7) is 5.27. The number of piperidine rings is 1. The molecule has 0 spiro atoms. The maximum absolute atomic E-state index is 12.7. The molecule has 0 aromatic carbocycles. The van der Waals surface area contributed by atoms with Gasteiger partial charge in [-0.15, -0.1) is 0 Å². The van der Waals surface area contributed by atoms with Crippen molar-refractivity contribution >= 4 is 18.1 Å². The maximum Gasteiger partial charge on any atom is 0.227 e. The van der Waals surface area contributed by atoms with Crippen molar-refractivity contribution in [2.75, 3.05) is 39.4 Å². The molecule has 2 aliphatic heterocycles. The van der Waals surface area contributed by atoms with Crippen molar-refractivity contribution in [2.24, 2.45) is 5.92 Å². The van der Waals surface area contributed by atoms with Gasteiger partial charge in [-0.2, -0.15) is 5.10 Å². The number of likely N-dealkylation sites (tertiary alicyclic amines) is 1. The molecule has 7 nitrogen and oxygen atoms in total. The zero-order valence-corrected chi connectivity index (χ0v) is 14.8. The molecule has 24 heavy (non-hydrogen) atoms. The van der Waals surface area contributed by atoms with E-state index in [0.29, 0.717) is 25.9 Å². The van der Waals surface area contributed by atoms with E-state index in [1.165, 1.54) is 12.8 Å². The fraction of sp³-hybridized carbons (Fsp3) is 0.812. The van der Waals surface area contributed by atoms with Crippen LogP contribution in [0.2, 0.25) is 0 Å². The van der Waals surface area contributed by atoms with Gasteiger partial charge in [0.1, 0.15) is 6.33 Å². The van der Waals surface area contributed by atoms with Crippen molar-refractivity contribution in [3.63, 3.8) is 0 Å². The first kappa shape index (κ1) is 16.2.